The maximum absolute atomic E-state index is 11.6. The van der Waals surface area contributed by atoms with E-state index in [9.17, 15) is 9.59 Å². The molecule has 0 bridgehead atoms. The van der Waals surface area contributed by atoms with Gasteiger partial charge in [-0.25, -0.2) is 4.79 Å². The minimum absolute atomic E-state index is 0.261. The summed E-state index contributed by atoms with van der Waals surface area (Å²) in [4.78, 5) is 25.2. The summed E-state index contributed by atoms with van der Waals surface area (Å²) in [5.41, 5.74) is 5.21. The van der Waals surface area contributed by atoms with Crippen LogP contribution in [0.2, 0.25) is 0 Å². The third-order valence-electron chi connectivity index (χ3n) is 2.25. The van der Waals surface area contributed by atoms with Crippen molar-refractivity contribution in [3.05, 3.63) is 37.6 Å². The lowest BCUT2D eigenvalue weighted by molar-refractivity contribution is 0.698. The van der Waals surface area contributed by atoms with E-state index in [1.807, 2.05) is 6.92 Å². The first-order valence-corrected chi connectivity index (χ1v) is 5.82. The van der Waals surface area contributed by atoms with Gasteiger partial charge in [0.05, 0.1) is 6.54 Å². The molecule has 0 fully saturated rings. The zero-order chi connectivity index (χ0) is 12.4. The SMILES string of the molecule is CCc1cn(Cc2nnc(N)s2)c(=O)[nH]c1=O. The number of rotatable bonds is 3. The van der Waals surface area contributed by atoms with Crippen molar-refractivity contribution >= 4 is 16.5 Å². The van der Waals surface area contributed by atoms with Gasteiger partial charge in [0, 0.05) is 11.8 Å². The van der Waals surface area contributed by atoms with Crippen molar-refractivity contribution in [2.24, 2.45) is 0 Å². The Morgan fingerprint density at radius 1 is 1.47 bits per heavy atom. The highest BCUT2D eigenvalue weighted by atomic mass is 32.1. The van der Waals surface area contributed by atoms with Gasteiger partial charge in [0.1, 0.15) is 5.01 Å². The lowest BCUT2D eigenvalue weighted by Crippen LogP contribution is -2.31. The van der Waals surface area contributed by atoms with E-state index in [4.69, 9.17) is 5.73 Å². The van der Waals surface area contributed by atoms with Crippen molar-refractivity contribution in [3.63, 3.8) is 0 Å². The summed E-state index contributed by atoms with van der Waals surface area (Å²) in [6.45, 7) is 2.11. The molecule has 0 saturated heterocycles. The van der Waals surface area contributed by atoms with Gasteiger partial charge in [0.25, 0.3) is 5.56 Å². The summed E-state index contributed by atoms with van der Waals surface area (Å²) in [5, 5.41) is 8.46. The minimum atomic E-state index is -0.457. The number of hydrogen-bond acceptors (Lipinski definition) is 6. The standard InChI is InChI=1S/C9H11N5O2S/c1-2-5-3-14(9(16)11-7(5)15)4-6-12-13-8(10)17-6/h3H,2,4H2,1H3,(H2,10,13)(H,11,15,16). The Hall–Kier alpha value is -1.96. The Morgan fingerprint density at radius 3 is 2.82 bits per heavy atom. The monoisotopic (exact) mass is 253 g/mol. The molecule has 0 aliphatic heterocycles. The molecule has 2 aromatic heterocycles. The van der Waals surface area contributed by atoms with Crippen molar-refractivity contribution in [1.29, 1.82) is 0 Å². The predicted octanol–water partition coefficient (Wildman–Crippen LogP) is -0.419. The minimum Gasteiger partial charge on any atom is -0.374 e. The maximum Gasteiger partial charge on any atom is 0.328 e. The number of nitrogens with two attached hydrogens (primary N) is 1. The molecule has 0 amide bonds. The molecular formula is C9H11N5O2S. The number of anilines is 1. The van der Waals surface area contributed by atoms with Crippen LogP contribution in [-0.2, 0) is 13.0 Å². The van der Waals surface area contributed by atoms with Crippen molar-refractivity contribution in [2.45, 2.75) is 19.9 Å². The molecule has 0 radical (unpaired) electrons. The van der Waals surface area contributed by atoms with E-state index in [2.05, 4.69) is 15.2 Å². The van der Waals surface area contributed by atoms with Gasteiger partial charge in [-0.2, -0.15) is 0 Å². The first kappa shape index (κ1) is 11.5. The fraction of sp³-hybridized carbons (Fsp3) is 0.333. The van der Waals surface area contributed by atoms with Crippen LogP contribution in [0.15, 0.2) is 15.8 Å². The van der Waals surface area contributed by atoms with E-state index in [1.165, 1.54) is 15.9 Å². The molecule has 0 saturated carbocycles. The molecule has 8 heteroatoms. The van der Waals surface area contributed by atoms with Crippen LogP contribution in [-0.4, -0.2) is 19.7 Å². The molecule has 90 valence electrons. The van der Waals surface area contributed by atoms with Crippen molar-refractivity contribution < 1.29 is 0 Å². The first-order valence-electron chi connectivity index (χ1n) is 5.00. The molecule has 2 aromatic rings. The number of aryl methyl sites for hydroxylation is 1. The van der Waals surface area contributed by atoms with E-state index >= 15 is 0 Å². The van der Waals surface area contributed by atoms with Gasteiger partial charge in [-0.1, -0.05) is 18.3 Å². The Labute approximate surface area is 99.9 Å². The molecule has 17 heavy (non-hydrogen) atoms. The number of aromatic amines is 1. The fourth-order valence-electron chi connectivity index (χ4n) is 1.40. The molecule has 3 N–H and O–H groups in total. The highest BCUT2D eigenvalue weighted by Gasteiger charge is 2.06. The topological polar surface area (TPSA) is 107 Å². The lowest BCUT2D eigenvalue weighted by atomic mass is 10.3. The summed E-state index contributed by atoms with van der Waals surface area (Å²) in [7, 11) is 0. The normalized spacial score (nSPS) is 10.6. The Morgan fingerprint density at radius 2 is 2.24 bits per heavy atom. The van der Waals surface area contributed by atoms with E-state index in [1.54, 1.807) is 6.20 Å². The smallest absolute Gasteiger partial charge is 0.328 e. The summed E-state index contributed by atoms with van der Waals surface area (Å²) < 4.78 is 1.39. The fourth-order valence-corrected chi connectivity index (χ4v) is 2.01. The third-order valence-corrected chi connectivity index (χ3v) is 2.99. The summed E-state index contributed by atoms with van der Waals surface area (Å²) in [6, 6.07) is 0. The van der Waals surface area contributed by atoms with Crippen LogP contribution in [0.25, 0.3) is 0 Å². The number of aromatic nitrogens is 4. The highest BCUT2D eigenvalue weighted by molar-refractivity contribution is 7.15. The largest absolute Gasteiger partial charge is 0.374 e. The average molecular weight is 253 g/mol. The lowest BCUT2D eigenvalue weighted by Gasteiger charge is -2.03. The molecule has 0 aromatic carbocycles. The Balaban J connectivity index is 2.39. The molecule has 0 atom stereocenters. The quantitative estimate of drug-likeness (QED) is 0.772. The number of hydrogen-bond donors (Lipinski definition) is 2. The molecule has 0 unspecified atom stereocenters. The Bertz CT molecular complexity index is 641. The Kier molecular flexibility index (Phi) is 3.05. The predicted molar refractivity (Wildman–Crippen MR) is 64.1 cm³/mol. The van der Waals surface area contributed by atoms with Crippen LogP contribution in [0.3, 0.4) is 0 Å². The van der Waals surface area contributed by atoms with Gasteiger partial charge in [-0.3, -0.25) is 14.3 Å². The third kappa shape index (κ3) is 2.41. The number of nitrogen functional groups attached to an aromatic ring is 1. The number of H-pyrrole nitrogens is 1. The van der Waals surface area contributed by atoms with Crippen LogP contribution < -0.4 is 17.0 Å². The first-order chi connectivity index (χ1) is 8.10. The number of nitrogens with one attached hydrogen (secondary N) is 1. The van der Waals surface area contributed by atoms with Gasteiger partial charge >= 0.3 is 5.69 Å². The number of nitrogens with zero attached hydrogens (tertiary/aromatic N) is 3. The van der Waals surface area contributed by atoms with Crippen LogP contribution in [0.4, 0.5) is 5.13 Å². The van der Waals surface area contributed by atoms with Crippen LogP contribution in [0.1, 0.15) is 17.5 Å². The molecular weight excluding hydrogens is 242 g/mol. The molecule has 0 aliphatic rings. The van der Waals surface area contributed by atoms with Gasteiger partial charge < -0.3 is 5.73 Å². The molecule has 2 rings (SSSR count). The zero-order valence-corrected chi connectivity index (χ0v) is 9.95. The van der Waals surface area contributed by atoms with Gasteiger partial charge in [0.15, 0.2) is 0 Å². The van der Waals surface area contributed by atoms with E-state index in [0.717, 1.165) is 0 Å². The van der Waals surface area contributed by atoms with Crippen molar-refractivity contribution in [2.75, 3.05) is 5.73 Å². The van der Waals surface area contributed by atoms with Crippen LogP contribution in [0, 0.1) is 0 Å². The van der Waals surface area contributed by atoms with E-state index in [-0.39, 0.29) is 12.1 Å². The van der Waals surface area contributed by atoms with E-state index < -0.39 is 5.69 Å². The molecule has 2 heterocycles. The van der Waals surface area contributed by atoms with Gasteiger partial charge in [0.2, 0.25) is 5.13 Å². The van der Waals surface area contributed by atoms with Gasteiger partial charge in [-0.05, 0) is 6.42 Å². The summed E-state index contributed by atoms with van der Waals surface area (Å²) in [5.74, 6) is 0. The second kappa shape index (κ2) is 4.50. The molecule has 7 nitrogen and oxygen atoms in total. The summed E-state index contributed by atoms with van der Waals surface area (Å²) >= 11 is 1.21. The second-order valence-corrected chi connectivity index (χ2v) is 4.52. The summed E-state index contributed by atoms with van der Waals surface area (Å²) in [6.07, 6.45) is 2.10. The average Bonchev–Trinajstić information content (AvgIpc) is 2.68. The van der Waals surface area contributed by atoms with Crippen LogP contribution >= 0.6 is 11.3 Å². The second-order valence-electron chi connectivity index (χ2n) is 3.43. The van der Waals surface area contributed by atoms with E-state index in [0.29, 0.717) is 22.1 Å². The van der Waals surface area contributed by atoms with Gasteiger partial charge in [-0.15, -0.1) is 10.2 Å². The highest BCUT2D eigenvalue weighted by Crippen LogP contribution is 2.11. The zero-order valence-electron chi connectivity index (χ0n) is 9.14. The maximum atomic E-state index is 11.6. The molecule has 0 spiro atoms. The molecule has 0 aliphatic carbocycles. The van der Waals surface area contributed by atoms with Crippen molar-refractivity contribution in [1.82, 2.24) is 19.7 Å². The van der Waals surface area contributed by atoms with Crippen molar-refractivity contribution in [3.8, 4) is 0 Å². The van der Waals surface area contributed by atoms with Crippen LogP contribution in [0.5, 0.6) is 0 Å².